The molecule has 1 N–H and O–H groups in total. The molecule has 18 heavy (non-hydrogen) atoms. The van der Waals surface area contributed by atoms with Crippen molar-refractivity contribution in [3.05, 3.63) is 35.4 Å². The fourth-order valence-corrected chi connectivity index (χ4v) is 2.44. The van der Waals surface area contributed by atoms with E-state index in [0.29, 0.717) is 5.56 Å². The van der Waals surface area contributed by atoms with Gasteiger partial charge in [-0.05, 0) is 20.2 Å². The van der Waals surface area contributed by atoms with Crippen molar-refractivity contribution in [3.63, 3.8) is 0 Å². The van der Waals surface area contributed by atoms with Crippen LogP contribution in [0.5, 0.6) is 0 Å². The van der Waals surface area contributed by atoms with E-state index in [9.17, 15) is 8.78 Å². The Morgan fingerprint density at radius 1 is 1.22 bits per heavy atom. The third kappa shape index (κ3) is 2.85. The molecule has 2 rings (SSSR count). The summed E-state index contributed by atoms with van der Waals surface area (Å²) in [6, 6.07) is 3.81. The lowest BCUT2D eigenvalue weighted by molar-refractivity contribution is 0.0644. The molecule has 0 radical (unpaired) electrons. The monoisotopic (exact) mass is 255 g/mol. The summed E-state index contributed by atoms with van der Waals surface area (Å²) < 4.78 is 26.9. The minimum absolute atomic E-state index is 0.146. The predicted molar refractivity (Wildman–Crippen MR) is 67.2 cm³/mol. The van der Waals surface area contributed by atoms with Crippen molar-refractivity contribution in [1.29, 1.82) is 0 Å². The fraction of sp³-hybridized carbons (Fsp3) is 0.538. The third-order valence-corrected chi connectivity index (χ3v) is 3.23. The molecule has 1 fully saturated rings. The molecule has 1 aromatic carbocycles. The van der Waals surface area contributed by atoms with Gasteiger partial charge in [-0.2, -0.15) is 0 Å². The Balaban J connectivity index is 2.28. The van der Waals surface area contributed by atoms with Crippen LogP contribution in [0.25, 0.3) is 0 Å². The van der Waals surface area contributed by atoms with Crippen LogP contribution in [0.2, 0.25) is 0 Å². The summed E-state index contributed by atoms with van der Waals surface area (Å²) in [5, 5.41) is 3.27. The standard InChI is InChI=1S/C13H19F2N3/c1-17(2)13(18-7-5-16-6-8-18)11-4-3-10(14)9-12(11)15/h3-4,9,13,16H,5-8H2,1-2H3. The van der Waals surface area contributed by atoms with Crippen molar-refractivity contribution in [2.24, 2.45) is 0 Å². The lowest BCUT2D eigenvalue weighted by Crippen LogP contribution is -2.48. The molecule has 0 aromatic heterocycles. The van der Waals surface area contributed by atoms with Crippen molar-refractivity contribution in [2.45, 2.75) is 6.17 Å². The zero-order chi connectivity index (χ0) is 13.1. The molecule has 1 aliphatic rings. The molecule has 1 atom stereocenters. The fourth-order valence-electron chi connectivity index (χ4n) is 2.44. The zero-order valence-corrected chi connectivity index (χ0v) is 10.8. The highest BCUT2D eigenvalue weighted by molar-refractivity contribution is 5.22. The SMILES string of the molecule is CN(C)C(c1ccc(F)cc1F)N1CCNCC1. The second-order valence-electron chi connectivity index (χ2n) is 4.79. The van der Waals surface area contributed by atoms with Crippen molar-refractivity contribution >= 4 is 0 Å². The first kappa shape index (κ1) is 13.4. The second-order valence-corrected chi connectivity index (χ2v) is 4.79. The van der Waals surface area contributed by atoms with Crippen LogP contribution in [0.1, 0.15) is 11.7 Å². The van der Waals surface area contributed by atoms with E-state index in [1.54, 1.807) is 0 Å². The smallest absolute Gasteiger partial charge is 0.132 e. The number of halogens is 2. The maximum absolute atomic E-state index is 13.9. The lowest BCUT2D eigenvalue weighted by Gasteiger charge is -2.38. The highest BCUT2D eigenvalue weighted by atomic mass is 19.1. The molecule has 1 aliphatic heterocycles. The van der Waals surface area contributed by atoms with Crippen LogP contribution in [0.3, 0.4) is 0 Å². The first-order valence-corrected chi connectivity index (χ1v) is 6.16. The van der Waals surface area contributed by atoms with Crippen LogP contribution in [0, 0.1) is 11.6 Å². The molecule has 0 bridgehead atoms. The molecule has 0 saturated carbocycles. The van der Waals surface area contributed by atoms with Crippen LogP contribution < -0.4 is 5.32 Å². The van der Waals surface area contributed by atoms with E-state index in [0.717, 1.165) is 32.2 Å². The third-order valence-electron chi connectivity index (χ3n) is 3.23. The average Bonchev–Trinajstić information content (AvgIpc) is 2.33. The summed E-state index contributed by atoms with van der Waals surface area (Å²) in [7, 11) is 3.82. The molecule has 0 amide bonds. The number of benzene rings is 1. The summed E-state index contributed by atoms with van der Waals surface area (Å²) in [6.45, 7) is 3.51. The molecule has 1 saturated heterocycles. The Labute approximate surface area is 106 Å². The van der Waals surface area contributed by atoms with Crippen molar-refractivity contribution in [2.75, 3.05) is 40.3 Å². The van der Waals surface area contributed by atoms with E-state index in [4.69, 9.17) is 0 Å². The van der Waals surface area contributed by atoms with E-state index in [2.05, 4.69) is 10.2 Å². The van der Waals surface area contributed by atoms with Gasteiger partial charge in [0.1, 0.15) is 11.6 Å². The van der Waals surface area contributed by atoms with Gasteiger partial charge in [0.15, 0.2) is 0 Å². The van der Waals surface area contributed by atoms with E-state index < -0.39 is 11.6 Å². The maximum atomic E-state index is 13.9. The van der Waals surface area contributed by atoms with Gasteiger partial charge in [0, 0.05) is 37.8 Å². The van der Waals surface area contributed by atoms with Gasteiger partial charge in [-0.1, -0.05) is 6.07 Å². The van der Waals surface area contributed by atoms with Crippen LogP contribution in [0.4, 0.5) is 8.78 Å². The first-order chi connectivity index (χ1) is 8.59. The molecule has 1 aromatic rings. The Hall–Kier alpha value is -1.04. The van der Waals surface area contributed by atoms with Gasteiger partial charge >= 0.3 is 0 Å². The summed E-state index contributed by atoms with van der Waals surface area (Å²) in [5.41, 5.74) is 0.531. The highest BCUT2D eigenvalue weighted by Gasteiger charge is 2.26. The molecule has 1 heterocycles. The van der Waals surface area contributed by atoms with Crippen LogP contribution >= 0.6 is 0 Å². The average molecular weight is 255 g/mol. The van der Waals surface area contributed by atoms with Crippen LogP contribution in [-0.4, -0.2) is 50.1 Å². The molecule has 0 spiro atoms. The van der Waals surface area contributed by atoms with Gasteiger partial charge in [0.05, 0.1) is 6.17 Å². The van der Waals surface area contributed by atoms with Gasteiger partial charge in [-0.3, -0.25) is 9.80 Å². The van der Waals surface area contributed by atoms with Crippen LogP contribution in [0.15, 0.2) is 18.2 Å². The van der Waals surface area contributed by atoms with Gasteiger partial charge < -0.3 is 5.32 Å². The Morgan fingerprint density at radius 3 is 2.44 bits per heavy atom. The van der Waals surface area contributed by atoms with E-state index >= 15 is 0 Å². The normalized spacial score (nSPS) is 19.2. The van der Waals surface area contributed by atoms with Crippen molar-refractivity contribution < 1.29 is 8.78 Å². The molecular weight excluding hydrogens is 236 g/mol. The maximum Gasteiger partial charge on any atom is 0.132 e. The number of hydrogen-bond acceptors (Lipinski definition) is 3. The molecule has 0 aliphatic carbocycles. The van der Waals surface area contributed by atoms with Gasteiger partial charge in [-0.15, -0.1) is 0 Å². The van der Waals surface area contributed by atoms with E-state index in [1.165, 1.54) is 12.1 Å². The minimum atomic E-state index is -0.533. The van der Waals surface area contributed by atoms with E-state index in [1.807, 2.05) is 19.0 Å². The molecule has 1 unspecified atom stereocenters. The number of rotatable bonds is 3. The molecule has 3 nitrogen and oxygen atoms in total. The van der Waals surface area contributed by atoms with E-state index in [-0.39, 0.29) is 6.17 Å². The predicted octanol–water partition coefficient (Wildman–Crippen LogP) is 1.43. The Morgan fingerprint density at radius 2 is 1.89 bits per heavy atom. The molecule has 100 valence electrons. The zero-order valence-electron chi connectivity index (χ0n) is 10.8. The topological polar surface area (TPSA) is 18.5 Å². The number of piperazine rings is 1. The summed E-state index contributed by atoms with van der Waals surface area (Å²) in [6.07, 6.45) is -0.146. The Kier molecular flexibility index (Phi) is 4.27. The highest BCUT2D eigenvalue weighted by Crippen LogP contribution is 2.26. The summed E-state index contributed by atoms with van der Waals surface area (Å²) in [4.78, 5) is 4.16. The van der Waals surface area contributed by atoms with Gasteiger partial charge in [0.25, 0.3) is 0 Å². The lowest BCUT2D eigenvalue weighted by atomic mass is 10.1. The van der Waals surface area contributed by atoms with Crippen LogP contribution in [-0.2, 0) is 0 Å². The molecular formula is C13H19F2N3. The largest absolute Gasteiger partial charge is 0.314 e. The Bertz CT molecular complexity index is 403. The number of hydrogen-bond donors (Lipinski definition) is 1. The minimum Gasteiger partial charge on any atom is -0.314 e. The van der Waals surface area contributed by atoms with Gasteiger partial charge in [-0.25, -0.2) is 8.78 Å². The van der Waals surface area contributed by atoms with Crippen molar-refractivity contribution in [3.8, 4) is 0 Å². The first-order valence-electron chi connectivity index (χ1n) is 6.16. The quantitative estimate of drug-likeness (QED) is 0.881. The molecule has 5 heteroatoms. The second kappa shape index (κ2) is 5.73. The summed E-state index contributed by atoms with van der Waals surface area (Å²) in [5.74, 6) is -1.01. The summed E-state index contributed by atoms with van der Waals surface area (Å²) >= 11 is 0. The number of nitrogens with zero attached hydrogens (tertiary/aromatic N) is 2. The van der Waals surface area contributed by atoms with Crippen molar-refractivity contribution in [1.82, 2.24) is 15.1 Å². The van der Waals surface area contributed by atoms with Gasteiger partial charge in [0.2, 0.25) is 0 Å². The number of nitrogens with one attached hydrogen (secondary N) is 1.